The molecule has 1 aromatic rings. The summed E-state index contributed by atoms with van der Waals surface area (Å²) >= 11 is 0. The van der Waals surface area contributed by atoms with Gasteiger partial charge >= 0.3 is 5.97 Å². The fourth-order valence-corrected chi connectivity index (χ4v) is 1.52. The molecule has 0 aliphatic rings. The fraction of sp³-hybridized carbons (Fsp3) is 0.417. The van der Waals surface area contributed by atoms with Crippen molar-refractivity contribution in [1.82, 2.24) is 0 Å². The standard InChI is InChI=1S/C12H16FNO2/c1-2-8-14(9-7-12(15)16)11-5-3-10(13)4-6-11/h3-6H,2,7-9H2,1H3,(H,15,16). The molecule has 16 heavy (non-hydrogen) atoms. The zero-order valence-electron chi connectivity index (χ0n) is 9.32. The summed E-state index contributed by atoms with van der Waals surface area (Å²) in [6, 6.07) is 6.12. The maximum absolute atomic E-state index is 12.7. The van der Waals surface area contributed by atoms with Crippen LogP contribution in [-0.2, 0) is 4.79 Å². The molecule has 0 aromatic heterocycles. The first kappa shape index (κ1) is 12.5. The minimum absolute atomic E-state index is 0.0946. The first-order valence-electron chi connectivity index (χ1n) is 5.35. The molecule has 1 N–H and O–H groups in total. The van der Waals surface area contributed by atoms with Crippen LogP contribution in [0.2, 0.25) is 0 Å². The predicted molar refractivity (Wildman–Crippen MR) is 61.2 cm³/mol. The van der Waals surface area contributed by atoms with E-state index in [-0.39, 0.29) is 12.2 Å². The lowest BCUT2D eigenvalue weighted by molar-refractivity contribution is -0.136. The van der Waals surface area contributed by atoms with Crippen LogP contribution in [0.4, 0.5) is 10.1 Å². The van der Waals surface area contributed by atoms with Gasteiger partial charge in [-0.05, 0) is 30.7 Å². The number of benzene rings is 1. The van der Waals surface area contributed by atoms with Crippen molar-refractivity contribution in [2.45, 2.75) is 19.8 Å². The van der Waals surface area contributed by atoms with E-state index in [2.05, 4.69) is 0 Å². The number of nitrogens with zero attached hydrogens (tertiary/aromatic N) is 1. The van der Waals surface area contributed by atoms with Gasteiger partial charge in [-0.2, -0.15) is 0 Å². The van der Waals surface area contributed by atoms with Gasteiger partial charge in [0.25, 0.3) is 0 Å². The van der Waals surface area contributed by atoms with Crippen molar-refractivity contribution in [2.75, 3.05) is 18.0 Å². The van der Waals surface area contributed by atoms with Gasteiger partial charge in [0.05, 0.1) is 6.42 Å². The summed E-state index contributed by atoms with van der Waals surface area (Å²) in [7, 11) is 0. The summed E-state index contributed by atoms with van der Waals surface area (Å²) in [5.74, 6) is -1.10. The molecule has 0 heterocycles. The summed E-state index contributed by atoms with van der Waals surface area (Å²) in [6.45, 7) is 3.25. The molecule has 0 saturated carbocycles. The van der Waals surface area contributed by atoms with Crippen molar-refractivity contribution < 1.29 is 14.3 Å². The number of aliphatic carboxylic acids is 1. The van der Waals surface area contributed by atoms with E-state index in [1.807, 2.05) is 11.8 Å². The van der Waals surface area contributed by atoms with Gasteiger partial charge in [-0.25, -0.2) is 4.39 Å². The number of halogens is 1. The van der Waals surface area contributed by atoms with Crippen molar-refractivity contribution >= 4 is 11.7 Å². The Balaban J connectivity index is 2.68. The Kier molecular flexibility index (Phi) is 4.76. The Morgan fingerprint density at radius 3 is 2.44 bits per heavy atom. The van der Waals surface area contributed by atoms with E-state index < -0.39 is 5.97 Å². The van der Waals surface area contributed by atoms with E-state index in [1.165, 1.54) is 12.1 Å². The molecule has 0 saturated heterocycles. The van der Waals surface area contributed by atoms with Crippen molar-refractivity contribution in [1.29, 1.82) is 0 Å². The molecular formula is C12H16FNO2. The lowest BCUT2D eigenvalue weighted by Crippen LogP contribution is -2.26. The summed E-state index contributed by atoms with van der Waals surface area (Å²) < 4.78 is 12.7. The van der Waals surface area contributed by atoms with Crippen molar-refractivity contribution in [3.63, 3.8) is 0 Å². The summed E-state index contributed by atoms with van der Waals surface area (Å²) in [5, 5.41) is 8.63. The van der Waals surface area contributed by atoms with E-state index in [9.17, 15) is 9.18 Å². The average molecular weight is 225 g/mol. The van der Waals surface area contributed by atoms with Gasteiger partial charge in [0, 0.05) is 18.8 Å². The highest BCUT2D eigenvalue weighted by Crippen LogP contribution is 2.15. The van der Waals surface area contributed by atoms with Crippen LogP contribution in [0.25, 0.3) is 0 Å². The molecule has 88 valence electrons. The number of carboxylic acids is 1. The highest BCUT2D eigenvalue weighted by atomic mass is 19.1. The van der Waals surface area contributed by atoms with E-state index in [0.717, 1.165) is 18.7 Å². The van der Waals surface area contributed by atoms with Crippen LogP contribution in [0, 0.1) is 5.82 Å². The van der Waals surface area contributed by atoms with Gasteiger partial charge in [0.1, 0.15) is 5.82 Å². The molecule has 4 heteroatoms. The van der Waals surface area contributed by atoms with Crippen LogP contribution in [0.3, 0.4) is 0 Å². The molecule has 1 rings (SSSR count). The normalized spacial score (nSPS) is 10.1. The Bertz CT molecular complexity index is 337. The molecule has 0 bridgehead atoms. The molecule has 1 aromatic carbocycles. The zero-order chi connectivity index (χ0) is 12.0. The van der Waals surface area contributed by atoms with Crippen LogP contribution in [-0.4, -0.2) is 24.2 Å². The molecule has 0 unspecified atom stereocenters. The minimum Gasteiger partial charge on any atom is -0.481 e. The number of carboxylic acid groups (broad SMARTS) is 1. The molecule has 0 radical (unpaired) electrons. The Labute approximate surface area is 94.5 Å². The second-order valence-corrected chi connectivity index (χ2v) is 3.61. The Morgan fingerprint density at radius 2 is 1.94 bits per heavy atom. The van der Waals surface area contributed by atoms with Gasteiger partial charge in [0.2, 0.25) is 0 Å². The van der Waals surface area contributed by atoms with Gasteiger partial charge in [-0.1, -0.05) is 6.92 Å². The predicted octanol–water partition coefficient (Wildman–Crippen LogP) is 2.52. The van der Waals surface area contributed by atoms with Gasteiger partial charge < -0.3 is 10.0 Å². The van der Waals surface area contributed by atoms with Gasteiger partial charge in [-0.15, -0.1) is 0 Å². The highest BCUT2D eigenvalue weighted by Gasteiger charge is 2.07. The zero-order valence-corrected chi connectivity index (χ0v) is 9.32. The van der Waals surface area contributed by atoms with Crippen LogP contribution in [0.1, 0.15) is 19.8 Å². The van der Waals surface area contributed by atoms with Gasteiger partial charge in [-0.3, -0.25) is 4.79 Å². The fourth-order valence-electron chi connectivity index (χ4n) is 1.52. The van der Waals surface area contributed by atoms with E-state index in [1.54, 1.807) is 12.1 Å². The molecule has 0 aliphatic heterocycles. The second kappa shape index (κ2) is 6.10. The topological polar surface area (TPSA) is 40.5 Å². The third kappa shape index (κ3) is 3.88. The lowest BCUT2D eigenvalue weighted by Gasteiger charge is -2.23. The molecule has 0 spiro atoms. The second-order valence-electron chi connectivity index (χ2n) is 3.61. The summed E-state index contributed by atoms with van der Waals surface area (Å²) in [5.41, 5.74) is 0.865. The smallest absolute Gasteiger partial charge is 0.305 e. The third-order valence-corrected chi connectivity index (χ3v) is 2.28. The third-order valence-electron chi connectivity index (χ3n) is 2.28. The van der Waals surface area contributed by atoms with Crippen molar-refractivity contribution in [3.8, 4) is 0 Å². The van der Waals surface area contributed by atoms with Crippen LogP contribution >= 0.6 is 0 Å². The number of rotatable bonds is 6. The van der Waals surface area contributed by atoms with Crippen LogP contribution < -0.4 is 4.90 Å². The van der Waals surface area contributed by atoms with Crippen molar-refractivity contribution in [2.24, 2.45) is 0 Å². The maximum Gasteiger partial charge on any atom is 0.305 e. The summed E-state index contributed by atoms with van der Waals surface area (Å²) in [6.07, 6.45) is 1.02. The number of hydrogen-bond acceptors (Lipinski definition) is 2. The number of anilines is 1. The SMILES string of the molecule is CCCN(CCC(=O)O)c1ccc(F)cc1. The summed E-state index contributed by atoms with van der Waals surface area (Å²) in [4.78, 5) is 12.5. The molecule has 0 fully saturated rings. The van der Waals surface area contributed by atoms with Crippen molar-refractivity contribution in [3.05, 3.63) is 30.1 Å². The van der Waals surface area contributed by atoms with Crippen LogP contribution in [0.15, 0.2) is 24.3 Å². The first-order valence-corrected chi connectivity index (χ1v) is 5.35. The quantitative estimate of drug-likeness (QED) is 0.808. The lowest BCUT2D eigenvalue weighted by atomic mass is 10.2. The average Bonchev–Trinajstić information content (AvgIpc) is 2.25. The first-order chi connectivity index (χ1) is 7.63. The molecule has 0 amide bonds. The monoisotopic (exact) mass is 225 g/mol. The number of carbonyl (C=O) groups is 1. The Morgan fingerprint density at radius 1 is 1.31 bits per heavy atom. The van der Waals surface area contributed by atoms with Gasteiger partial charge in [0.15, 0.2) is 0 Å². The molecule has 0 aliphatic carbocycles. The molecular weight excluding hydrogens is 209 g/mol. The van der Waals surface area contributed by atoms with E-state index in [4.69, 9.17) is 5.11 Å². The molecule has 0 atom stereocenters. The van der Waals surface area contributed by atoms with Crippen LogP contribution in [0.5, 0.6) is 0 Å². The number of hydrogen-bond donors (Lipinski definition) is 1. The largest absolute Gasteiger partial charge is 0.481 e. The molecule has 3 nitrogen and oxygen atoms in total. The minimum atomic E-state index is -0.816. The van der Waals surface area contributed by atoms with E-state index >= 15 is 0 Å². The Hall–Kier alpha value is -1.58. The van der Waals surface area contributed by atoms with E-state index in [0.29, 0.717) is 6.54 Å². The maximum atomic E-state index is 12.7. The highest BCUT2D eigenvalue weighted by molar-refractivity contribution is 5.67.